The van der Waals surface area contributed by atoms with Crippen LogP contribution in [0.3, 0.4) is 0 Å². The summed E-state index contributed by atoms with van der Waals surface area (Å²) >= 11 is 3.23. The first-order valence-electron chi connectivity index (χ1n) is 9.32. The van der Waals surface area contributed by atoms with Crippen LogP contribution in [0.1, 0.15) is 30.7 Å². The van der Waals surface area contributed by atoms with Crippen molar-refractivity contribution in [2.24, 2.45) is 0 Å². The van der Waals surface area contributed by atoms with Gasteiger partial charge in [0.25, 0.3) is 0 Å². The molecule has 1 fully saturated rings. The summed E-state index contributed by atoms with van der Waals surface area (Å²) in [7, 11) is -3.23. The molecule has 3 unspecified atom stereocenters. The minimum atomic E-state index is -4.28. The molecule has 0 saturated heterocycles. The standard InChI is InChI=1S/C20H20BrNO7S/c1-27-20(19(23)24,22-30(25,26)13-10-8-12(21)9-11-13)29-17-7-3-5-15-14-4-2-6-16(14)28-18(15)17/h3,5,7-11,14,16,22H,2,4,6H2,1H3,(H,23,24). The summed E-state index contributed by atoms with van der Waals surface area (Å²) in [5, 5.41) is 9.82. The number of benzene rings is 2. The molecular weight excluding hydrogens is 478 g/mol. The highest BCUT2D eigenvalue weighted by Gasteiger charge is 2.48. The number of carboxylic acid groups (broad SMARTS) is 1. The number of carboxylic acids is 1. The Morgan fingerprint density at radius 3 is 2.63 bits per heavy atom. The molecule has 160 valence electrons. The van der Waals surface area contributed by atoms with Gasteiger partial charge in [-0.3, -0.25) is 0 Å². The molecule has 1 aliphatic heterocycles. The maximum atomic E-state index is 12.8. The lowest BCUT2D eigenvalue weighted by molar-refractivity contribution is -0.207. The predicted octanol–water partition coefficient (Wildman–Crippen LogP) is 3.22. The second-order valence-electron chi connectivity index (χ2n) is 7.16. The van der Waals surface area contributed by atoms with Crippen LogP contribution in [-0.2, 0) is 19.6 Å². The molecule has 2 aromatic carbocycles. The first kappa shape index (κ1) is 21.1. The molecule has 1 saturated carbocycles. The maximum Gasteiger partial charge on any atom is 0.396 e. The predicted molar refractivity (Wildman–Crippen MR) is 110 cm³/mol. The van der Waals surface area contributed by atoms with Crippen LogP contribution in [0.25, 0.3) is 0 Å². The molecule has 2 aliphatic rings. The number of carbonyl (C=O) groups is 1. The first-order chi connectivity index (χ1) is 14.3. The Hall–Kier alpha value is -2.14. The van der Waals surface area contributed by atoms with Crippen molar-refractivity contribution in [1.82, 2.24) is 4.72 Å². The van der Waals surface area contributed by atoms with E-state index in [1.165, 1.54) is 30.3 Å². The van der Waals surface area contributed by atoms with Gasteiger partial charge >= 0.3 is 11.9 Å². The number of methoxy groups -OCH3 is 1. The van der Waals surface area contributed by atoms with Gasteiger partial charge in [-0.25, -0.2) is 13.2 Å². The zero-order valence-electron chi connectivity index (χ0n) is 16.0. The van der Waals surface area contributed by atoms with E-state index in [1.54, 1.807) is 6.07 Å². The van der Waals surface area contributed by atoms with E-state index in [2.05, 4.69) is 15.9 Å². The lowest BCUT2D eigenvalue weighted by Crippen LogP contribution is -2.60. The van der Waals surface area contributed by atoms with Crippen LogP contribution in [0.15, 0.2) is 51.8 Å². The third-order valence-corrected chi connectivity index (χ3v) is 7.30. The fourth-order valence-electron chi connectivity index (χ4n) is 3.89. The van der Waals surface area contributed by atoms with Crippen LogP contribution >= 0.6 is 15.9 Å². The fraction of sp³-hybridized carbons (Fsp3) is 0.350. The third-order valence-electron chi connectivity index (χ3n) is 5.35. The highest BCUT2D eigenvalue weighted by atomic mass is 79.9. The summed E-state index contributed by atoms with van der Waals surface area (Å²) < 4.78 is 45.1. The molecule has 1 aliphatic carbocycles. The Morgan fingerprint density at radius 1 is 1.23 bits per heavy atom. The molecular formula is C20H20BrNO7S. The largest absolute Gasteiger partial charge is 0.486 e. The molecule has 0 bridgehead atoms. The van der Waals surface area contributed by atoms with Crippen molar-refractivity contribution in [2.45, 2.75) is 42.1 Å². The number of ether oxygens (including phenoxy) is 3. The highest BCUT2D eigenvalue weighted by molar-refractivity contribution is 9.10. The van der Waals surface area contributed by atoms with E-state index in [0.717, 1.165) is 31.9 Å². The number of fused-ring (bicyclic) bond motifs is 3. The highest BCUT2D eigenvalue weighted by Crippen LogP contribution is 2.51. The van der Waals surface area contributed by atoms with Crippen LogP contribution in [-0.4, -0.2) is 38.6 Å². The van der Waals surface area contributed by atoms with E-state index >= 15 is 0 Å². The molecule has 2 N–H and O–H groups in total. The monoisotopic (exact) mass is 497 g/mol. The number of nitrogens with one attached hydrogen (secondary N) is 1. The summed E-state index contributed by atoms with van der Waals surface area (Å²) in [4.78, 5) is 12.0. The van der Waals surface area contributed by atoms with Crippen molar-refractivity contribution in [3.63, 3.8) is 0 Å². The van der Waals surface area contributed by atoms with Gasteiger partial charge in [-0.05, 0) is 49.6 Å². The molecule has 0 aromatic heterocycles. The van der Waals surface area contributed by atoms with Crippen molar-refractivity contribution in [3.05, 3.63) is 52.5 Å². The summed E-state index contributed by atoms with van der Waals surface area (Å²) in [5.41, 5.74) is 0.932. The molecule has 30 heavy (non-hydrogen) atoms. The van der Waals surface area contributed by atoms with Gasteiger partial charge in [0.2, 0.25) is 10.0 Å². The number of hydrogen-bond donors (Lipinski definition) is 2. The van der Waals surface area contributed by atoms with Gasteiger partial charge in [0, 0.05) is 23.1 Å². The van der Waals surface area contributed by atoms with Crippen LogP contribution in [0.4, 0.5) is 0 Å². The van der Waals surface area contributed by atoms with Gasteiger partial charge < -0.3 is 19.3 Å². The van der Waals surface area contributed by atoms with Gasteiger partial charge in [-0.1, -0.05) is 28.1 Å². The van der Waals surface area contributed by atoms with Crippen LogP contribution < -0.4 is 14.2 Å². The number of rotatable bonds is 7. The van der Waals surface area contributed by atoms with Crippen molar-refractivity contribution < 1.29 is 32.5 Å². The smallest absolute Gasteiger partial charge is 0.396 e. The molecule has 0 spiro atoms. The van der Waals surface area contributed by atoms with Gasteiger partial charge in [-0.15, -0.1) is 4.72 Å². The number of para-hydroxylation sites is 1. The van der Waals surface area contributed by atoms with E-state index in [4.69, 9.17) is 14.2 Å². The minimum absolute atomic E-state index is 0.0194. The second kappa shape index (κ2) is 7.84. The van der Waals surface area contributed by atoms with Crippen molar-refractivity contribution in [1.29, 1.82) is 0 Å². The average molecular weight is 498 g/mol. The Labute approximate surface area is 182 Å². The maximum absolute atomic E-state index is 12.8. The van der Waals surface area contributed by atoms with Crippen LogP contribution in [0, 0.1) is 0 Å². The average Bonchev–Trinajstić information content (AvgIpc) is 3.29. The van der Waals surface area contributed by atoms with E-state index in [1.807, 2.05) is 10.8 Å². The zero-order chi connectivity index (χ0) is 21.5. The second-order valence-corrected chi connectivity index (χ2v) is 9.75. The summed E-state index contributed by atoms with van der Waals surface area (Å²) in [6.07, 6.45) is 2.96. The van der Waals surface area contributed by atoms with Gasteiger partial charge in [0.05, 0.1) is 4.90 Å². The minimum Gasteiger partial charge on any atom is -0.486 e. The topological polar surface area (TPSA) is 111 Å². The van der Waals surface area contributed by atoms with Crippen molar-refractivity contribution >= 4 is 31.9 Å². The van der Waals surface area contributed by atoms with E-state index in [9.17, 15) is 18.3 Å². The molecule has 2 aromatic rings. The Kier molecular flexibility index (Phi) is 5.52. The summed E-state index contributed by atoms with van der Waals surface area (Å²) in [6.45, 7) is 0. The molecule has 8 nitrogen and oxygen atoms in total. The fourth-order valence-corrected chi connectivity index (χ4v) is 5.33. The summed E-state index contributed by atoms with van der Waals surface area (Å²) in [6, 6.07) is 10.9. The lowest BCUT2D eigenvalue weighted by Gasteiger charge is -2.29. The van der Waals surface area contributed by atoms with E-state index in [-0.39, 0.29) is 22.7 Å². The van der Waals surface area contributed by atoms with Gasteiger partial charge in [-0.2, -0.15) is 0 Å². The van der Waals surface area contributed by atoms with Crippen molar-refractivity contribution in [2.75, 3.05) is 7.11 Å². The van der Waals surface area contributed by atoms with Gasteiger partial charge in [0.15, 0.2) is 11.5 Å². The molecule has 0 radical (unpaired) electrons. The molecule has 0 amide bonds. The third kappa shape index (κ3) is 3.68. The molecule has 3 atom stereocenters. The first-order valence-corrected chi connectivity index (χ1v) is 11.6. The molecule has 10 heteroatoms. The summed E-state index contributed by atoms with van der Waals surface area (Å²) in [5.74, 6) is -3.57. The number of sulfonamides is 1. The number of halogens is 1. The quantitative estimate of drug-likeness (QED) is 0.564. The van der Waals surface area contributed by atoms with Crippen LogP contribution in [0.2, 0.25) is 0 Å². The van der Waals surface area contributed by atoms with Crippen molar-refractivity contribution in [3.8, 4) is 11.5 Å². The normalized spacial score (nSPS) is 21.9. The number of aliphatic carboxylic acids is 1. The zero-order valence-corrected chi connectivity index (χ0v) is 18.4. The van der Waals surface area contributed by atoms with E-state index in [0.29, 0.717) is 10.2 Å². The van der Waals surface area contributed by atoms with Gasteiger partial charge in [0.1, 0.15) is 6.10 Å². The molecule has 1 heterocycles. The lowest BCUT2D eigenvalue weighted by atomic mass is 9.97. The van der Waals surface area contributed by atoms with E-state index < -0.39 is 21.9 Å². The molecule has 4 rings (SSSR count). The Balaban J connectivity index is 1.68. The SMILES string of the molecule is COC(NS(=O)(=O)c1ccc(Br)cc1)(Oc1cccc2c1OC1CCCC21)C(=O)O. The van der Waals surface area contributed by atoms with Crippen LogP contribution in [0.5, 0.6) is 11.5 Å². The number of hydrogen-bond acceptors (Lipinski definition) is 6. The Bertz CT molecular complexity index is 1070. The Morgan fingerprint density at radius 2 is 1.97 bits per heavy atom.